The van der Waals surface area contributed by atoms with Gasteiger partial charge < -0.3 is 4.74 Å². The van der Waals surface area contributed by atoms with Crippen molar-refractivity contribution in [2.45, 2.75) is 18.7 Å². The molecule has 6 nitrogen and oxygen atoms in total. The van der Waals surface area contributed by atoms with E-state index in [4.69, 9.17) is 16.3 Å². The van der Waals surface area contributed by atoms with E-state index in [0.717, 1.165) is 0 Å². The summed E-state index contributed by atoms with van der Waals surface area (Å²) in [6, 6.07) is 4.58. The highest BCUT2D eigenvalue weighted by Crippen LogP contribution is 2.35. The standard InChI is InChI=1S/C13H7ClF3N3O3S/c14-6-3-1-2-5-7(21)4-8(23-9(5)6)10(22)18-12-20-19-11(24-12)13(15,16)17/h1-3,8H,4H2,(H,18,20,22). The van der Waals surface area contributed by atoms with Gasteiger partial charge in [0.2, 0.25) is 10.1 Å². The minimum atomic E-state index is -4.65. The minimum absolute atomic E-state index is 0.0730. The lowest BCUT2D eigenvalue weighted by atomic mass is 10.0. The van der Waals surface area contributed by atoms with Gasteiger partial charge in [0.25, 0.3) is 5.91 Å². The predicted octanol–water partition coefficient (Wildman–Crippen LogP) is 3.18. The zero-order chi connectivity index (χ0) is 17.5. The summed E-state index contributed by atoms with van der Waals surface area (Å²) >= 11 is 6.11. The molecule has 11 heteroatoms. The second-order valence-corrected chi connectivity index (χ2v) is 6.13. The van der Waals surface area contributed by atoms with Crippen molar-refractivity contribution in [1.29, 1.82) is 0 Å². The Morgan fingerprint density at radius 1 is 1.38 bits per heavy atom. The van der Waals surface area contributed by atoms with E-state index in [9.17, 15) is 22.8 Å². The molecule has 2 aromatic rings. The molecule has 126 valence electrons. The van der Waals surface area contributed by atoms with Crippen LogP contribution in [0.5, 0.6) is 5.75 Å². The zero-order valence-electron chi connectivity index (χ0n) is 11.6. The number of fused-ring (bicyclic) bond motifs is 1. The third-order valence-electron chi connectivity index (χ3n) is 3.09. The van der Waals surface area contributed by atoms with E-state index in [1.54, 1.807) is 6.07 Å². The first kappa shape index (κ1) is 16.7. The summed E-state index contributed by atoms with van der Waals surface area (Å²) in [6.45, 7) is 0. The Hall–Kier alpha value is -2.20. The van der Waals surface area contributed by atoms with Crippen LogP contribution in [0.15, 0.2) is 18.2 Å². The largest absolute Gasteiger partial charge is 0.478 e. The number of alkyl halides is 3. The molecule has 0 radical (unpaired) electrons. The molecule has 1 amide bonds. The predicted molar refractivity (Wildman–Crippen MR) is 78.4 cm³/mol. The number of Topliss-reactive ketones (excluding diaryl/α,β-unsaturated/α-hetero) is 1. The van der Waals surface area contributed by atoms with Crippen LogP contribution in [0.4, 0.5) is 18.3 Å². The minimum Gasteiger partial charge on any atom is -0.478 e. The Balaban J connectivity index is 1.76. The number of hydrogen-bond acceptors (Lipinski definition) is 6. The van der Waals surface area contributed by atoms with Crippen molar-refractivity contribution in [1.82, 2.24) is 10.2 Å². The van der Waals surface area contributed by atoms with Crippen LogP contribution in [0.25, 0.3) is 0 Å². The fourth-order valence-corrected chi connectivity index (χ4v) is 2.86. The fraction of sp³-hybridized carbons (Fsp3) is 0.231. The maximum absolute atomic E-state index is 12.5. The number of amides is 1. The lowest BCUT2D eigenvalue weighted by molar-refractivity contribution is -0.138. The number of benzene rings is 1. The Kier molecular flexibility index (Phi) is 4.18. The summed E-state index contributed by atoms with van der Waals surface area (Å²) in [5.74, 6) is -1.09. The third-order valence-corrected chi connectivity index (χ3v) is 4.27. The maximum atomic E-state index is 12.5. The molecule has 0 fully saturated rings. The highest BCUT2D eigenvalue weighted by Gasteiger charge is 2.37. The SMILES string of the molecule is O=C1CC(C(=O)Nc2nnc(C(F)(F)F)s2)Oc2c(Cl)cccc21. The molecule has 0 bridgehead atoms. The molecule has 1 unspecified atom stereocenters. The summed E-state index contributed by atoms with van der Waals surface area (Å²) in [5, 5.41) is 6.99. The molecular weight excluding hydrogens is 371 g/mol. The topological polar surface area (TPSA) is 81.2 Å². The van der Waals surface area contributed by atoms with Gasteiger partial charge in [0.05, 0.1) is 17.0 Å². The molecule has 0 saturated carbocycles. The Bertz CT molecular complexity index is 824. The highest BCUT2D eigenvalue weighted by atomic mass is 35.5. The number of carbonyl (C=O) groups is 2. The van der Waals surface area contributed by atoms with E-state index in [-0.39, 0.29) is 45.0 Å². The van der Waals surface area contributed by atoms with Crippen molar-refractivity contribution in [2.75, 3.05) is 5.32 Å². The Morgan fingerprint density at radius 3 is 2.79 bits per heavy atom. The van der Waals surface area contributed by atoms with Gasteiger partial charge in [-0.2, -0.15) is 13.2 Å². The number of nitrogens with zero attached hydrogens (tertiary/aromatic N) is 2. The average molecular weight is 378 g/mol. The van der Waals surface area contributed by atoms with E-state index in [1.807, 2.05) is 0 Å². The van der Waals surface area contributed by atoms with Crippen LogP contribution in [-0.2, 0) is 11.0 Å². The van der Waals surface area contributed by atoms with Gasteiger partial charge in [0, 0.05) is 0 Å². The molecular formula is C13H7ClF3N3O3S. The first-order valence-electron chi connectivity index (χ1n) is 6.45. The summed E-state index contributed by atoms with van der Waals surface area (Å²) in [4.78, 5) is 24.2. The van der Waals surface area contributed by atoms with Gasteiger partial charge in [-0.3, -0.25) is 14.9 Å². The number of carbonyl (C=O) groups excluding carboxylic acids is 2. The number of rotatable bonds is 2. The number of nitrogens with one attached hydrogen (secondary N) is 1. The first-order chi connectivity index (χ1) is 11.3. The molecule has 1 aliphatic rings. The number of para-hydroxylation sites is 1. The van der Waals surface area contributed by atoms with Gasteiger partial charge in [0.1, 0.15) is 5.75 Å². The monoisotopic (exact) mass is 377 g/mol. The summed E-state index contributed by atoms with van der Waals surface area (Å²) in [7, 11) is 0. The Morgan fingerprint density at radius 2 is 2.12 bits per heavy atom. The van der Waals surface area contributed by atoms with Crippen molar-refractivity contribution in [3.05, 3.63) is 33.8 Å². The molecule has 3 rings (SSSR count). The molecule has 1 N–H and O–H groups in total. The molecule has 1 aliphatic heterocycles. The Labute approximate surface area is 141 Å². The van der Waals surface area contributed by atoms with Crippen LogP contribution in [0.1, 0.15) is 21.8 Å². The molecule has 2 heterocycles. The van der Waals surface area contributed by atoms with Crippen LogP contribution >= 0.6 is 22.9 Å². The molecule has 1 aromatic carbocycles. The van der Waals surface area contributed by atoms with Gasteiger partial charge in [-0.25, -0.2) is 0 Å². The molecule has 1 aromatic heterocycles. The van der Waals surface area contributed by atoms with Crippen LogP contribution in [0.3, 0.4) is 0 Å². The summed E-state index contributed by atoms with van der Waals surface area (Å²) in [5.41, 5.74) is 0.252. The van der Waals surface area contributed by atoms with Crippen LogP contribution in [0.2, 0.25) is 5.02 Å². The number of halogens is 4. The van der Waals surface area contributed by atoms with Crippen LogP contribution < -0.4 is 10.1 Å². The number of hydrogen-bond donors (Lipinski definition) is 1. The number of ether oxygens (including phenoxy) is 1. The van der Waals surface area contributed by atoms with Crippen molar-refractivity contribution >= 4 is 39.8 Å². The summed E-state index contributed by atoms with van der Waals surface area (Å²) in [6.07, 6.45) is -6.13. The molecule has 0 saturated heterocycles. The maximum Gasteiger partial charge on any atom is 0.445 e. The van der Waals surface area contributed by atoms with E-state index in [0.29, 0.717) is 0 Å². The highest BCUT2D eigenvalue weighted by molar-refractivity contribution is 7.15. The number of anilines is 1. The lowest BCUT2D eigenvalue weighted by Crippen LogP contribution is -2.38. The molecule has 0 spiro atoms. The first-order valence-corrected chi connectivity index (χ1v) is 7.65. The van der Waals surface area contributed by atoms with E-state index < -0.39 is 23.2 Å². The van der Waals surface area contributed by atoms with Gasteiger partial charge in [0.15, 0.2) is 11.9 Å². The quantitative estimate of drug-likeness (QED) is 0.869. The van der Waals surface area contributed by atoms with E-state index >= 15 is 0 Å². The summed E-state index contributed by atoms with van der Waals surface area (Å²) < 4.78 is 42.8. The van der Waals surface area contributed by atoms with Crippen molar-refractivity contribution in [3.8, 4) is 5.75 Å². The average Bonchev–Trinajstić information content (AvgIpc) is 2.97. The van der Waals surface area contributed by atoms with Gasteiger partial charge in [-0.15, -0.1) is 10.2 Å². The van der Waals surface area contributed by atoms with Crippen LogP contribution in [-0.4, -0.2) is 28.0 Å². The fourth-order valence-electron chi connectivity index (χ4n) is 2.03. The van der Waals surface area contributed by atoms with Crippen LogP contribution in [0, 0.1) is 0 Å². The van der Waals surface area contributed by atoms with E-state index in [2.05, 4.69) is 15.5 Å². The van der Waals surface area contributed by atoms with Gasteiger partial charge in [-0.05, 0) is 12.1 Å². The van der Waals surface area contributed by atoms with Gasteiger partial charge in [-0.1, -0.05) is 29.0 Å². The third kappa shape index (κ3) is 3.20. The number of aromatic nitrogens is 2. The molecule has 24 heavy (non-hydrogen) atoms. The van der Waals surface area contributed by atoms with Crippen molar-refractivity contribution in [3.63, 3.8) is 0 Å². The normalized spacial score (nSPS) is 17.2. The second kappa shape index (κ2) is 6.02. The lowest BCUT2D eigenvalue weighted by Gasteiger charge is -2.24. The molecule has 1 atom stereocenters. The number of ketones is 1. The van der Waals surface area contributed by atoms with Gasteiger partial charge >= 0.3 is 6.18 Å². The second-order valence-electron chi connectivity index (χ2n) is 4.75. The smallest absolute Gasteiger partial charge is 0.445 e. The van der Waals surface area contributed by atoms with Crippen molar-refractivity contribution < 1.29 is 27.5 Å². The zero-order valence-corrected chi connectivity index (χ0v) is 13.1. The van der Waals surface area contributed by atoms with E-state index in [1.165, 1.54) is 12.1 Å². The van der Waals surface area contributed by atoms with Crippen molar-refractivity contribution in [2.24, 2.45) is 0 Å². The molecule has 0 aliphatic carbocycles.